The van der Waals surface area contributed by atoms with Gasteiger partial charge in [0.05, 0.1) is 22.4 Å². The predicted molar refractivity (Wildman–Crippen MR) is 169 cm³/mol. The van der Waals surface area contributed by atoms with Crippen LogP contribution in [0.3, 0.4) is 0 Å². The maximum absolute atomic E-state index is 6.47. The van der Waals surface area contributed by atoms with Crippen LogP contribution in [0.5, 0.6) is 0 Å². The van der Waals surface area contributed by atoms with Crippen molar-refractivity contribution in [3.05, 3.63) is 127 Å². The average molecular weight is 540 g/mol. The summed E-state index contributed by atoms with van der Waals surface area (Å²) in [6, 6.07) is 44.3. The Morgan fingerprint density at radius 1 is 0.500 bits per heavy atom. The van der Waals surface area contributed by atoms with E-state index in [0.29, 0.717) is 0 Å². The van der Waals surface area contributed by atoms with E-state index in [4.69, 9.17) is 13.8 Å². The molecule has 0 radical (unpaired) electrons. The third-order valence-electron chi connectivity index (χ3n) is 8.55. The van der Waals surface area contributed by atoms with E-state index in [9.17, 15) is 0 Å². The first-order valence-corrected chi connectivity index (χ1v) is 14.1. The second-order valence-corrected chi connectivity index (χ2v) is 10.8. The van der Waals surface area contributed by atoms with Crippen molar-refractivity contribution in [3.8, 4) is 16.8 Å². The standard InChI is InChI=1S/C37H21N3O2/c1-5-13-30-23(9-1)24-10-2-6-14-31(24)40-32-15-7-4-12-29(32)38-37(40)39(30)22-17-20-34-28(21-22)27-19-18-26-25-11-3-8-16-33(25)41-35(26)36(27)42-34/h1-21H. The molecular formula is C37H21N3O2. The maximum atomic E-state index is 6.47. The van der Waals surface area contributed by atoms with Crippen LogP contribution < -0.4 is 4.90 Å². The molecule has 3 aromatic heterocycles. The van der Waals surface area contributed by atoms with Gasteiger partial charge in [-0.1, -0.05) is 66.7 Å². The lowest BCUT2D eigenvalue weighted by Gasteiger charge is -2.24. The van der Waals surface area contributed by atoms with Gasteiger partial charge < -0.3 is 8.83 Å². The molecule has 0 bridgehead atoms. The minimum Gasteiger partial charge on any atom is -0.452 e. The molecule has 0 N–H and O–H groups in total. The van der Waals surface area contributed by atoms with E-state index in [0.717, 1.165) is 83.5 Å². The minimum atomic E-state index is 0.770. The fraction of sp³-hybridized carbons (Fsp3) is 0. The van der Waals surface area contributed by atoms with Gasteiger partial charge in [-0.25, -0.2) is 4.98 Å². The fourth-order valence-corrected chi connectivity index (χ4v) is 6.70. The molecule has 6 aromatic carbocycles. The van der Waals surface area contributed by atoms with Gasteiger partial charge in [0.1, 0.15) is 11.2 Å². The van der Waals surface area contributed by atoms with Crippen molar-refractivity contribution in [1.29, 1.82) is 0 Å². The molecule has 5 nitrogen and oxygen atoms in total. The van der Waals surface area contributed by atoms with E-state index in [1.165, 1.54) is 5.56 Å². The van der Waals surface area contributed by atoms with Crippen molar-refractivity contribution in [3.63, 3.8) is 0 Å². The number of nitrogens with zero attached hydrogens (tertiary/aromatic N) is 3. The summed E-state index contributed by atoms with van der Waals surface area (Å²) in [7, 11) is 0. The fourth-order valence-electron chi connectivity index (χ4n) is 6.70. The zero-order valence-electron chi connectivity index (χ0n) is 22.3. The highest BCUT2D eigenvalue weighted by molar-refractivity contribution is 6.19. The lowest BCUT2D eigenvalue weighted by molar-refractivity contribution is 0.633. The SMILES string of the molecule is c1ccc2c(c1)-c1ccccc1-n1c(nc3ccccc31)N2c1ccc2oc3c(ccc4c5ccccc5oc43)c2c1. The van der Waals surface area contributed by atoms with Crippen LogP contribution in [-0.2, 0) is 0 Å². The van der Waals surface area contributed by atoms with Crippen molar-refractivity contribution >= 4 is 72.2 Å². The minimum absolute atomic E-state index is 0.770. The number of hydrogen-bond acceptors (Lipinski definition) is 4. The monoisotopic (exact) mass is 539 g/mol. The van der Waals surface area contributed by atoms with Crippen molar-refractivity contribution in [2.24, 2.45) is 0 Å². The van der Waals surface area contributed by atoms with Gasteiger partial charge in [-0.05, 0) is 60.7 Å². The molecule has 0 saturated heterocycles. The summed E-state index contributed by atoms with van der Waals surface area (Å²) in [6.45, 7) is 0. The molecule has 0 amide bonds. The Bertz CT molecular complexity index is 2550. The number of aromatic nitrogens is 2. The zero-order chi connectivity index (χ0) is 27.4. The van der Waals surface area contributed by atoms with Gasteiger partial charge in [0.15, 0.2) is 11.2 Å². The first-order chi connectivity index (χ1) is 20.8. The van der Waals surface area contributed by atoms with Crippen LogP contribution in [0.2, 0.25) is 0 Å². The molecule has 9 aromatic rings. The topological polar surface area (TPSA) is 47.3 Å². The molecule has 1 aliphatic heterocycles. The van der Waals surface area contributed by atoms with E-state index < -0.39 is 0 Å². The van der Waals surface area contributed by atoms with Gasteiger partial charge in [0.25, 0.3) is 0 Å². The number of para-hydroxylation sites is 5. The lowest BCUT2D eigenvalue weighted by Crippen LogP contribution is -2.14. The van der Waals surface area contributed by atoms with Crippen LogP contribution in [0.25, 0.3) is 71.7 Å². The highest BCUT2D eigenvalue weighted by Crippen LogP contribution is 2.48. The highest BCUT2D eigenvalue weighted by atomic mass is 16.4. The van der Waals surface area contributed by atoms with E-state index >= 15 is 0 Å². The molecule has 42 heavy (non-hydrogen) atoms. The Morgan fingerprint density at radius 3 is 2.00 bits per heavy atom. The van der Waals surface area contributed by atoms with Crippen LogP contribution >= 0.6 is 0 Å². The zero-order valence-corrected chi connectivity index (χ0v) is 22.3. The Labute approximate surface area is 239 Å². The van der Waals surface area contributed by atoms with Crippen LogP contribution in [0.15, 0.2) is 136 Å². The molecule has 196 valence electrons. The normalized spacial score (nSPS) is 12.7. The first kappa shape index (κ1) is 21.9. The second-order valence-electron chi connectivity index (χ2n) is 10.8. The number of imidazole rings is 1. The molecule has 4 heterocycles. The van der Waals surface area contributed by atoms with E-state index in [1.807, 2.05) is 24.3 Å². The van der Waals surface area contributed by atoms with Crippen molar-refractivity contribution in [2.45, 2.75) is 0 Å². The molecule has 0 atom stereocenters. The molecule has 0 aliphatic carbocycles. The van der Waals surface area contributed by atoms with E-state index in [2.05, 4.69) is 113 Å². The van der Waals surface area contributed by atoms with E-state index in [-0.39, 0.29) is 0 Å². The number of hydrogen-bond donors (Lipinski definition) is 0. The van der Waals surface area contributed by atoms with Gasteiger partial charge in [-0.2, -0.15) is 0 Å². The predicted octanol–water partition coefficient (Wildman–Crippen LogP) is 10.3. The van der Waals surface area contributed by atoms with Gasteiger partial charge in [-0.15, -0.1) is 0 Å². The summed E-state index contributed by atoms with van der Waals surface area (Å²) >= 11 is 0. The smallest absolute Gasteiger partial charge is 0.220 e. The number of furan rings is 2. The highest BCUT2D eigenvalue weighted by Gasteiger charge is 2.29. The van der Waals surface area contributed by atoms with Gasteiger partial charge in [0.2, 0.25) is 5.95 Å². The van der Waals surface area contributed by atoms with Crippen LogP contribution in [0.4, 0.5) is 17.3 Å². The molecule has 0 spiro atoms. The maximum Gasteiger partial charge on any atom is 0.220 e. The largest absolute Gasteiger partial charge is 0.452 e. The third kappa shape index (κ3) is 2.79. The summed E-state index contributed by atoms with van der Waals surface area (Å²) < 4.78 is 15.0. The van der Waals surface area contributed by atoms with Crippen LogP contribution in [0.1, 0.15) is 0 Å². The Morgan fingerprint density at radius 2 is 1.14 bits per heavy atom. The Hall–Kier alpha value is -5.81. The molecule has 0 unspecified atom stereocenters. The van der Waals surface area contributed by atoms with Crippen molar-refractivity contribution in [1.82, 2.24) is 9.55 Å². The summed E-state index contributed by atoms with van der Waals surface area (Å²) in [5, 5.41) is 4.21. The average Bonchev–Trinajstić information content (AvgIpc) is 3.70. The van der Waals surface area contributed by atoms with E-state index in [1.54, 1.807) is 0 Å². The molecule has 10 rings (SSSR count). The van der Waals surface area contributed by atoms with Gasteiger partial charge in [0, 0.05) is 38.4 Å². The number of fused-ring (bicyclic) bond motifs is 14. The number of benzene rings is 6. The summed E-state index contributed by atoms with van der Waals surface area (Å²) in [5.74, 6) is 0.848. The van der Waals surface area contributed by atoms with Crippen molar-refractivity contribution < 1.29 is 8.83 Å². The quantitative estimate of drug-likeness (QED) is 0.208. The number of rotatable bonds is 1. The molecular weight excluding hydrogens is 518 g/mol. The second kappa shape index (κ2) is 7.89. The summed E-state index contributed by atoms with van der Waals surface area (Å²) in [4.78, 5) is 7.49. The molecule has 0 saturated carbocycles. The summed E-state index contributed by atoms with van der Waals surface area (Å²) in [6.07, 6.45) is 0. The molecule has 0 fully saturated rings. The Kier molecular flexibility index (Phi) is 4.12. The van der Waals surface area contributed by atoms with Gasteiger partial charge in [-0.3, -0.25) is 9.47 Å². The van der Waals surface area contributed by atoms with Crippen molar-refractivity contribution in [2.75, 3.05) is 4.90 Å². The third-order valence-corrected chi connectivity index (χ3v) is 8.55. The Balaban J connectivity index is 1.28. The van der Waals surface area contributed by atoms with Gasteiger partial charge >= 0.3 is 0 Å². The molecule has 5 heteroatoms. The number of anilines is 3. The first-order valence-electron chi connectivity index (χ1n) is 14.1. The summed E-state index contributed by atoms with van der Waals surface area (Å²) in [5.41, 5.74) is 10.8. The van der Waals surface area contributed by atoms with Crippen LogP contribution in [-0.4, -0.2) is 9.55 Å². The van der Waals surface area contributed by atoms with Crippen LogP contribution in [0, 0.1) is 0 Å². The molecule has 1 aliphatic rings. The lowest BCUT2D eigenvalue weighted by atomic mass is 10.0.